The summed E-state index contributed by atoms with van der Waals surface area (Å²) in [5.41, 5.74) is 0.990. The Hall–Kier alpha value is -2.27. The molecule has 4 nitrogen and oxygen atoms in total. The van der Waals surface area contributed by atoms with Gasteiger partial charge in [-0.2, -0.15) is 0 Å². The summed E-state index contributed by atoms with van der Waals surface area (Å²) in [6.07, 6.45) is 2.95. The number of unbranched alkanes of at least 4 members (excludes halogenated alkanes) is 2. The number of carbonyl (C=O) groups excluding carboxylic acids is 2. The molecule has 2 aromatic rings. The Morgan fingerprint density at radius 1 is 0.962 bits per heavy atom. The number of thioether (sulfide) groups is 1. The summed E-state index contributed by atoms with van der Waals surface area (Å²) in [6.45, 7) is 0.610. The third kappa shape index (κ3) is 6.92. The highest BCUT2D eigenvalue weighted by atomic mass is 32.2. The molecule has 2 rings (SSSR count). The number of hydrogen-bond acceptors (Lipinski definition) is 4. The molecule has 0 saturated carbocycles. The van der Waals surface area contributed by atoms with E-state index in [0.717, 1.165) is 29.7 Å². The molecule has 0 fully saturated rings. The highest BCUT2D eigenvalue weighted by Crippen LogP contribution is 2.35. The summed E-state index contributed by atoms with van der Waals surface area (Å²) < 4.78 is 4.62. The van der Waals surface area contributed by atoms with E-state index in [2.05, 4.69) is 10.1 Å². The number of amides is 1. The van der Waals surface area contributed by atoms with Crippen LogP contribution in [-0.2, 0) is 14.3 Å². The SMILES string of the molecule is COC(=O)CCCCCNC(=O)C(Sc1ccccc1)c1ccccc1. The Morgan fingerprint density at radius 2 is 1.62 bits per heavy atom. The molecule has 1 amide bonds. The minimum atomic E-state index is -0.284. The lowest BCUT2D eigenvalue weighted by Crippen LogP contribution is -2.28. The predicted molar refractivity (Wildman–Crippen MR) is 105 cm³/mol. The molecule has 1 atom stereocenters. The zero-order valence-corrected chi connectivity index (χ0v) is 15.8. The van der Waals surface area contributed by atoms with Gasteiger partial charge in [-0.05, 0) is 30.5 Å². The second-order valence-electron chi connectivity index (χ2n) is 5.90. The third-order valence-electron chi connectivity index (χ3n) is 3.92. The minimum Gasteiger partial charge on any atom is -0.469 e. The molecule has 0 aliphatic rings. The quantitative estimate of drug-likeness (QED) is 0.383. The highest BCUT2D eigenvalue weighted by molar-refractivity contribution is 8.00. The Bertz CT molecular complexity index is 676. The number of hydrogen-bond donors (Lipinski definition) is 1. The van der Waals surface area contributed by atoms with E-state index in [9.17, 15) is 9.59 Å². The molecule has 0 aromatic heterocycles. The van der Waals surface area contributed by atoms with Crippen LogP contribution >= 0.6 is 11.8 Å². The first kappa shape index (κ1) is 20.0. The summed E-state index contributed by atoms with van der Waals surface area (Å²) in [4.78, 5) is 24.9. The van der Waals surface area contributed by atoms with Gasteiger partial charge in [-0.25, -0.2) is 0 Å². The van der Waals surface area contributed by atoms with Crippen molar-refractivity contribution >= 4 is 23.6 Å². The van der Waals surface area contributed by atoms with Gasteiger partial charge in [0, 0.05) is 17.9 Å². The number of carbonyl (C=O) groups is 2. The molecule has 5 heteroatoms. The van der Waals surface area contributed by atoms with Crippen LogP contribution in [0.1, 0.15) is 36.5 Å². The van der Waals surface area contributed by atoms with Crippen LogP contribution in [0.2, 0.25) is 0 Å². The molecule has 0 saturated heterocycles. The average Bonchev–Trinajstić information content (AvgIpc) is 2.69. The molecule has 1 unspecified atom stereocenters. The van der Waals surface area contributed by atoms with Crippen molar-refractivity contribution in [3.63, 3.8) is 0 Å². The molecular weight excluding hydrogens is 346 g/mol. The van der Waals surface area contributed by atoms with Crippen molar-refractivity contribution in [2.45, 2.75) is 35.8 Å². The van der Waals surface area contributed by atoms with Crippen LogP contribution in [0, 0.1) is 0 Å². The summed E-state index contributed by atoms with van der Waals surface area (Å²) in [5.74, 6) is -0.171. The fraction of sp³-hybridized carbons (Fsp3) is 0.333. The van der Waals surface area contributed by atoms with Gasteiger partial charge in [-0.3, -0.25) is 9.59 Å². The van der Waals surface area contributed by atoms with Crippen molar-refractivity contribution in [2.75, 3.05) is 13.7 Å². The zero-order valence-electron chi connectivity index (χ0n) is 15.0. The lowest BCUT2D eigenvalue weighted by molar-refractivity contribution is -0.140. The van der Waals surface area contributed by atoms with E-state index in [-0.39, 0.29) is 17.1 Å². The van der Waals surface area contributed by atoms with Crippen LogP contribution in [-0.4, -0.2) is 25.5 Å². The van der Waals surface area contributed by atoms with E-state index in [1.54, 1.807) is 11.8 Å². The number of ether oxygens (including phenoxy) is 1. The van der Waals surface area contributed by atoms with Crippen molar-refractivity contribution in [3.05, 3.63) is 66.2 Å². The van der Waals surface area contributed by atoms with Gasteiger partial charge in [0.25, 0.3) is 0 Å². The zero-order chi connectivity index (χ0) is 18.6. The summed E-state index contributed by atoms with van der Waals surface area (Å²) >= 11 is 1.55. The maximum atomic E-state index is 12.7. The van der Waals surface area contributed by atoms with Crippen molar-refractivity contribution in [1.82, 2.24) is 5.32 Å². The Labute approximate surface area is 159 Å². The minimum absolute atomic E-state index is 0.0121. The normalized spacial score (nSPS) is 11.6. The fourth-order valence-electron chi connectivity index (χ4n) is 2.51. The number of esters is 1. The van der Waals surface area contributed by atoms with E-state index in [0.29, 0.717) is 13.0 Å². The molecule has 26 heavy (non-hydrogen) atoms. The maximum absolute atomic E-state index is 12.7. The molecule has 2 aromatic carbocycles. The molecule has 0 aliphatic heterocycles. The highest BCUT2D eigenvalue weighted by Gasteiger charge is 2.21. The molecule has 0 bridgehead atoms. The molecular formula is C21H25NO3S. The fourth-order valence-corrected chi connectivity index (χ4v) is 3.58. The van der Waals surface area contributed by atoms with E-state index in [4.69, 9.17) is 0 Å². The standard InChI is InChI=1S/C21H25NO3S/c1-25-19(23)15-9-4-10-16-22-21(24)20(17-11-5-2-6-12-17)26-18-13-7-3-8-14-18/h2-3,5-8,11-14,20H,4,9-10,15-16H2,1H3,(H,22,24). The molecule has 0 radical (unpaired) electrons. The van der Waals surface area contributed by atoms with Crippen LogP contribution in [0.3, 0.4) is 0 Å². The molecule has 1 N–H and O–H groups in total. The Morgan fingerprint density at radius 3 is 2.27 bits per heavy atom. The van der Waals surface area contributed by atoms with E-state index in [1.807, 2.05) is 60.7 Å². The van der Waals surface area contributed by atoms with E-state index >= 15 is 0 Å². The lowest BCUT2D eigenvalue weighted by Gasteiger charge is -2.17. The molecule has 0 heterocycles. The maximum Gasteiger partial charge on any atom is 0.305 e. The first-order valence-electron chi connectivity index (χ1n) is 8.82. The van der Waals surface area contributed by atoms with Crippen molar-refractivity contribution in [2.24, 2.45) is 0 Å². The van der Waals surface area contributed by atoms with Gasteiger partial charge in [0.2, 0.25) is 5.91 Å². The van der Waals surface area contributed by atoms with Gasteiger partial charge in [0.05, 0.1) is 7.11 Å². The van der Waals surface area contributed by atoms with Crippen LogP contribution < -0.4 is 5.32 Å². The van der Waals surface area contributed by atoms with Crippen LogP contribution in [0.4, 0.5) is 0 Å². The number of rotatable bonds is 10. The lowest BCUT2D eigenvalue weighted by atomic mass is 10.1. The smallest absolute Gasteiger partial charge is 0.305 e. The summed E-state index contributed by atoms with van der Waals surface area (Å²) in [6, 6.07) is 19.8. The van der Waals surface area contributed by atoms with Crippen molar-refractivity contribution in [3.8, 4) is 0 Å². The number of methoxy groups -OCH3 is 1. The third-order valence-corrected chi connectivity index (χ3v) is 5.19. The predicted octanol–water partition coefficient (Wildman–Crippen LogP) is 4.37. The van der Waals surface area contributed by atoms with E-state index in [1.165, 1.54) is 7.11 Å². The van der Waals surface area contributed by atoms with Crippen LogP contribution in [0.5, 0.6) is 0 Å². The topological polar surface area (TPSA) is 55.4 Å². The van der Waals surface area contributed by atoms with Crippen LogP contribution in [0.25, 0.3) is 0 Å². The number of benzene rings is 2. The summed E-state index contributed by atoms with van der Waals surface area (Å²) in [7, 11) is 1.40. The summed E-state index contributed by atoms with van der Waals surface area (Å²) in [5, 5.41) is 2.74. The van der Waals surface area contributed by atoms with Crippen molar-refractivity contribution < 1.29 is 14.3 Å². The van der Waals surface area contributed by atoms with Gasteiger partial charge < -0.3 is 10.1 Å². The monoisotopic (exact) mass is 371 g/mol. The molecule has 0 aliphatic carbocycles. The molecule has 138 valence electrons. The van der Waals surface area contributed by atoms with Crippen molar-refractivity contribution in [1.29, 1.82) is 0 Å². The van der Waals surface area contributed by atoms with Gasteiger partial charge in [-0.15, -0.1) is 11.8 Å². The first-order valence-corrected chi connectivity index (χ1v) is 9.70. The van der Waals surface area contributed by atoms with Gasteiger partial charge in [0.1, 0.15) is 5.25 Å². The van der Waals surface area contributed by atoms with Gasteiger partial charge >= 0.3 is 5.97 Å². The number of nitrogens with one attached hydrogen (secondary N) is 1. The first-order chi connectivity index (χ1) is 12.7. The largest absolute Gasteiger partial charge is 0.469 e. The Kier molecular flexibility index (Phi) is 8.76. The second kappa shape index (κ2) is 11.4. The van der Waals surface area contributed by atoms with Gasteiger partial charge in [0.15, 0.2) is 0 Å². The second-order valence-corrected chi connectivity index (χ2v) is 7.08. The Balaban J connectivity index is 1.87. The average molecular weight is 372 g/mol. The molecule has 0 spiro atoms. The van der Waals surface area contributed by atoms with Crippen LogP contribution in [0.15, 0.2) is 65.6 Å². The van der Waals surface area contributed by atoms with E-state index < -0.39 is 0 Å². The van der Waals surface area contributed by atoms with Gasteiger partial charge in [-0.1, -0.05) is 55.0 Å².